The third kappa shape index (κ3) is 3.45. The van der Waals surface area contributed by atoms with Crippen LogP contribution in [0.2, 0.25) is 0 Å². The maximum Gasteiger partial charge on any atom is 0.306 e. The Morgan fingerprint density at radius 1 is 1.17 bits per heavy atom. The normalized spacial score (nSPS) is 26.0. The lowest BCUT2D eigenvalue weighted by Crippen LogP contribution is -2.41. The van der Waals surface area contributed by atoms with Gasteiger partial charge in [0.05, 0.1) is 18.4 Å². The van der Waals surface area contributed by atoms with E-state index in [-0.39, 0.29) is 17.9 Å². The Hall–Kier alpha value is -1.10. The monoisotopic (exact) mass is 255 g/mol. The maximum atomic E-state index is 12.0. The Bertz CT molecular complexity index is 304. The number of carboxylic acid groups (broad SMARTS) is 1. The van der Waals surface area contributed by atoms with Crippen molar-refractivity contribution < 1.29 is 19.4 Å². The summed E-state index contributed by atoms with van der Waals surface area (Å²) in [7, 11) is 0. The van der Waals surface area contributed by atoms with Crippen molar-refractivity contribution in [3.8, 4) is 0 Å². The van der Waals surface area contributed by atoms with Crippen molar-refractivity contribution in [1.82, 2.24) is 4.90 Å². The predicted molar refractivity (Wildman–Crippen MR) is 65.1 cm³/mol. The van der Waals surface area contributed by atoms with E-state index in [4.69, 9.17) is 9.84 Å². The average molecular weight is 255 g/mol. The molecule has 0 aromatic rings. The second-order valence-electron chi connectivity index (χ2n) is 5.19. The standard InChI is InChI=1S/C13H21NO4/c15-12(9-11-3-1-2-8-18-11)14-6-4-10(5-7-14)13(16)17/h10-11H,1-9H2,(H,16,17)/t11-/m0/s1. The third-order valence-electron chi connectivity index (χ3n) is 3.87. The highest BCUT2D eigenvalue weighted by atomic mass is 16.5. The largest absolute Gasteiger partial charge is 0.481 e. The van der Waals surface area contributed by atoms with Gasteiger partial charge in [0.25, 0.3) is 0 Å². The molecule has 5 nitrogen and oxygen atoms in total. The summed E-state index contributed by atoms with van der Waals surface area (Å²) in [6.07, 6.45) is 4.88. The van der Waals surface area contributed by atoms with Crippen molar-refractivity contribution in [1.29, 1.82) is 0 Å². The molecule has 1 N–H and O–H groups in total. The van der Waals surface area contributed by atoms with Gasteiger partial charge in [-0.25, -0.2) is 0 Å². The van der Waals surface area contributed by atoms with Crippen LogP contribution in [0.4, 0.5) is 0 Å². The van der Waals surface area contributed by atoms with E-state index in [0.717, 1.165) is 25.9 Å². The number of carbonyl (C=O) groups is 2. The van der Waals surface area contributed by atoms with E-state index >= 15 is 0 Å². The van der Waals surface area contributed by atoms with Crippen LogP contribution in [0.3, 0.4) is 0 Å². The lowest BCUT2D eigenvalue weighted by molar-refractivity contribution is -0.146. The molecule has 0 aromatic heterocycles. The summed E-state index contributed by atoms with van der Waals surface area (Å²) in [6.45, 7) is 1.91. The summed E-state index contributed by atoms with van der Waals surface area (Å²) in [5, 5.41) is 8.90. The first-order valence-electron chi connectivity index (χ1n) is 6.79. The van der Waals surface area contributed by atoms with Gasteiger partial charge in [-0.05, 0) is 32.1 Å². The van der Waals surface area contributed by atoms with Gasteiger partial charge in [-0.3, -0.25) is 9.59 Å². The van der Waals surface area contributed by atoms with E-state index in [0.29, 0.717) is 32.4 Å². The summed E-state index contributed by atoms with van der Waals surface area (Å²) < 4.78 is 5.56. The fourth-order valence-corrected chi connectivity index (χ4v) is 2.67. The molecule has 0 saturated carbocycles. The van der Waals surface area contributed by atoms with E-state index in [1.54, 1.807) is 4.90 Å². The van der Waals surface area contributed by atoms with Gasteiger partial charge in [-0.15, -0.1) is 0 Å². The number of carboxylic acids is 1. The molecular formula is C13H21NO4. The molecule has 18 heavy (non-hydrogen) atoms. The highest BCUT2D eigenvalue weighted by molar-refractivity contribution is 5.77. The molecule has 0 aliphatic carbocycles. The second kappa shape index (κ2) is 6.18. The number of nitrogens with zero attached hydrogens (tertiary/aromatic N) is 1. The Kier molecular flexibility index (Phi) is 4.58. The van der Waals surface area contributed by atoms with Crippen LogP contribution in [-0.4, -0.2) is 47.7 Å². The first kappa shape index (κ1) is 13.3. The van der Waals surface area contributed by atoms with Crippen LogP contribution in [-0.2, 0) is 14.3 Å². The Morgan fingerprint density at radius 3 is 2.44 bits per heavy atom. The van der Waals surface area contributed by atoms with Crippen molar-refractivity contribution in [3.63, 3.8) is 0 Å². The van der Waals surface area contributed by atoms with Crippen LogP contribution in [0.5, 0.6) is 0 Å². The molecule has 0 aromatic carbocycles. The van der Waals surface area contributed by atoms with Gasteiger partial charge in [0.1, 0.15) is 0 Å². The Morgan fingerprint density at radius 2 is 1.89 bits per heavy atom. The van der Waals surface area contributed by atoms with Crippen LogP contribution in [0.1, 0.15) is 38.5 Å². The highest BCUT2D eigenvalue weighted by Crippen LogP contribution is 2.21. The number of aliphatic carboxylic acids is 1. The number of likely N-dealkylation sites (tertiary alicyclic amines) is 1. The van der Waals surface area contributed by atoms with Crippen molar-refractivity contribution in [2.45, 2.75) is 44.6 Å². The molecule has 0 radical (unpaired) electrons. The van der Waals surface area contributed by atoms with E-state index in [2.05, 4.69) is 0 Å². The smallest absolute Gasteiger partial charge is 0.306 e. The van der Waals surface area contributed by atoms with Crippen molar-refractivity contribution in [2.75, 3.05) is 19.7 Å². The first-order chi connectivity index (χ1) is 8.66. The van der Waals surface area contributed by atoms with Gasteiger partial charge in [-0.1, -0.05) is 0 Å². The van der Waals surface area contributed by atoms with Crippen molar-refractivity contribution in [3.05, 3.63) is 0 Å². The predicted octanol–water partition coefficient (Wildman–Crippen LogP) is 1.27. The van der Waals surface area contributed by atoms with Crippen LogP contribution in [0, 0.1) is 5.92 Å². The Labute approximate surface area is 107 Å². The Balaban J connectivity index is 1.75. The van der Waals surface area contributed by atoms with E-state index in [1.165, 1.54) is 0 Å². The van der Waals surface area contributed by atoms with Crippen LogP contribution in [0.25, 0.3) is 0 Å². The minimum atomic E-state index is -0.738. The molecule has 1 atom stereocenters. The number of rotatable bonds is 3. The molecule has 0 bridgehead atoms. The molecule has 2 aliphatic heterocycles. The molecule has 0 spiro atoms. The zero-order chi connectivity index (χ0) is 13.0. The molecular weight excluding hydrogens is 234 g/mol. The van der Waals surface area contributed by atoms with Gasteiger partial charge in [0, 0.05) is 19.7 Å². The first-order valence-corrected chi connectivity index (χ1v) is 6.79. The summed E-state index contributed by atoms with van der Waals surface area (Å²) >= 11 is 0. The topological polar surface area (TPSA) is 66.8 Å². The zero-order valence-corrected chi connectivity index (χ0v) is 10.6. The summed E-state index contributed by atoms with van der Waals surface area (Å²) in [5.41, 5.74) is 0. The van der Waals surface area contributed by atoms with E-state index in [9.17, 15) is 9.59 Å². The van der Waals surface area contributed by atoms with Gasteiger partial charge in [0.15, 0.2) is 0 Å². The molecule has 5 heteroatoms. The maximum absolute atomic E-state index is 12.0. The molecule has 2 saturated heterocycles. The van der Waals surface area contributed by atoms with Crippen LogP contribution < -0.4 is 0 Å². The molecule has 2 heterocycles. The van der Waals surface area contributed by atoms with Crippen LogP contribution in [0.15, 0.2) is 0 Å². The van der Waals surface area contributed by atoms with Crippen LogP contribution >= 0.6 is 0 Å². The summed E-state index contributed by atoms with van der Waals surface area (Å²) in [4.78, 5) is 24.7. The molecule has 2 fully saturated rings. The minimum absolute atomic E-state index is 0.0726. The van der Waals surface area contributed by atoms with Crippen molar-refractivity contribution >= 4 is 11.9 Å². The van der Waals surface area contributed by atoms with Gasteiger partial charge in [0.2, 0.25) is 5.91 Å². The number of ether oxygens (including phenoxy) is 1. The third-order valence-corrected chi connectivity index (χ3v) is 3.87. The van der Waals surface area contributed by atoms with Gasteiger partial charge in [-0.2, -0.15) is 0 Å². The fraction of sp³-hybridized carbons (Fsp3) is 0.846. The number of hydrogen-bond acceptors (Lipinski definition) is 3. The average Bonchev–Trinajstić information content (AvgIpc) is 2.40. The number of carbonyl (C=O) groups excluding carboxylic acids is 1. The van der Waals surface area contributed by atoms with E-state index in [1.807, 2.05) is 0 Å². The number of amides is 1. The molecule has 0 unspecified atom stereocenters. The van der Waals surface area contributed by atoms with Gasteiger partial charge >= 0.3 is 5.97 Å². The number of piperidine rings is 1. The fourth-order valence-electron chi connectivity index (χ4n) is 2.67. The summed E-state index contributed by atoms with van der Waals surface area (Å²) in [6, 6.07) is 0. The van der Waals surface area contributed by atoms with E-state index < -0.39 is 5.97 Å². The molecule has 102 valence electrons. The molecule has 2 aliphatic rings. The highest BCUT2D eigenvalue weighted by Gasteiger charge is 2.28. The van der Waals surface area contributed by atoms with Crippen molar-refractivity contribution in [2.24, 2.45) is 5.92 Å². The zero-order valence-electron chi connectivity index (χ0n) is 10.6. The second-order valence-corrected chi connectivity index (χ2v) is 5.19. The minimum Gasteiger partial charge on any atom is -0.481 e. The number of hydrogen-bond donors (Lipinski definition) is 1. The molecule has 1 amide bonds. The van der Waals surface area contributed by atoms with Gasteiger partial charge < -0.3 is 14.7 Å². The summed E-state index contributed by atoms with van der Waals surface area (Å²) in [5.74, 6) is -0.900. The lowest BCUT2D eigenvalue weighted by atomic mass is 9.96. The molecule has 2 rings (SSSR count). The quantitative estimate of drug-likeness (QED) is 0.824. The lowest BCUT2D eigenvalue weighted by Gasteiger charge is -2.32. The SMILES string of the molecule is O=C(O)C1CCN(C(=O)C[C@@H]2CCCCO2)CC1.